The van der Waals surface area contributed by atoms with Crippen LogP contribution in [0.1, 0.15) is 51.7 Å². The first kappa shape index (κ1) is 24.9. The van der Waals surface area contributed by atoms with Gasteiger partial charge in [0.25, 0.3) is 0 Å². The normalized spacial score (nSPS) is 12.9. The largest absolute Gasteiger partial charge is 0.458 e. The number of benzene rings is 2. The Morgan fingerprint density at radius 1 is 0.844 bits per heavy atom. The third-order valence-corrected chi connectivity index (χ3v) is 4.62. The summed E-state index contributed by atoms with van der Waals surface area (Å²) in [7, 11) is 0. The van der Waals surface area contributed by atoms with Gasteiger partial charge < -0.3 is 20.1 Å². The third kappa shape index (κ3) is 8.79. The Hall–Kier alpha value is -3.35. The van der Waals surface area contributed by atoms with Gasteiger partial charge in [0.05, 0.1) is 0 Å². The van der Waals surface area contributed by atoms with Gasteiger partial charge in [-0.05, 0) is 45.2 Å². The molecule has 0 fully saturated rings. The third-order valence-electron chi connectivity index (χ3n) is 4.62. The smallest absolute Gasteiger partial charge is 0.408 e. The van der Waals surface area contributed by atoms with E-state index in [1.165, 1.54) is 6.92 Å². The lowest BCUT2D eigenvalue weighted by Crippen LogP contribution is -2.55. The maximum atomic E-state index is 12.9. The second kappa shape index (κ2) is 11.3. The SMILES string of the molecule is CC(C)(C)OC(=O)[C@@](C)(CCC(=O)NCc1ccccc1)NC(=O)OCc1ccccc1. The maximum absolute atomic E-state index is 12.9. The van der Waals surface area contributed by atoms with Gasteiger partial charge in [-0.1, -0.05) is 60.7 Å². The molecule has 0 radical (unpaired) electrons. The van der Waals surface area contributed by atoms with Crippen LogP contribution in [0.25, 0.3) is 0 Å². The summed E-state index contributed by atoms with van der Waals surface area (Å²) in [5.74, 6) is -0.861. The van der Waals surface area contributed by atoms with Crippen LogP contribution in [0.2, 0.25) is 0 Å². The molecule has 0 unspecified atom stereocenters. The number of amides is 2. The van der Waals surface area contributed by atoms with E-state index in [2.05, 4.69) is 10.6 Å². The molecule has 0 aliphatic heterocycles. The van der Waals surface area contributed by atoms with Crippen molar-refractivity contribution in [2.45, 2.75) is 64.8 Å². The first-order valence-electron chi connectivity index (χ1n) is 10.6. The van der Waals surface area contributed by atoms with Gasteiger partial charge >= 0.3 is 12.1 Å². The lowest BCUT2D eigenvalue weighted by molar-refractivity contribution is -0.162. The monoisotopic (exact) mass is 440 g/mol. The van der Waals surface area contributed by atoms with Gasteiger partial charge in [0.1, 0.15) is 17.7 Å². The maximum Gasteiger partial charge on any atom is 0.408 e. The fraction of sp³-hybridized carbons (Fsp3) is 0.400. The van der Waals surface area contributed by atoms with E-state index in [0.29, 0.717) is 6.54 Å². The van der Waals surface area contributed by atoms with Gasteiger partial charge in [0, 0.05) is 13.0 Å². The average Bonchev–Trinajstić information content (AvgIpc) is 2.75. The Labute approximate surface area is 189 Å². The minimum atomic E-state index is -1.43. The molecule has 2 amide bonds. The van der Waals surface area contributed by atoms with Crippen LogP contribution in [0, 0.1) is 0 Å². The molecule has 32 heavy (non-hydrogen) atoms. The fourth-order valence-electron chi connectivity index (χ4n) is 2.84. The molecule has 7 heteroatoms. The van der Waals surface area contributed by atoms with Crippen molar-refractivity contribution in [1.29, 1.82) is 0 Å². The molecule has 0 aliphatic rings. The molecular weight excluding hydrogens is 408 g/mol. The van der Waals surface area contributed by atoms with Crippen LogP contribution >= 0.6 is 0 Å². The highest BCUT2D eigenvalue weighted by atomic mass is 16.6. The van der Waals surface area contributed by atoms with Crippen LogP contribution in [0.15, 0.2) is 60.7 Å². The quantitative estimate of drug-likeness (QED) is 0.573. The van der Waals surface area contributed by atoms with E-state index < -0.39 is 23.2 Å². The highest BCUT2D eigenvalue weighted by molar-refractivity contribution is 5.86. The fourth-order valence-corrected chi connectivity index (χ4v) is 2.84. The van der Waals surface area contributed by atoms with Crippen LogP contribution in [0.4, 0.5) is 4.79 Å². The summed E-state index contributed by atoms with van der Waals surface area (Å²) in [6.45, 7) is 7.21. The Morgan fingerprint density at radius 2 is 1.41 bits per heavy atom. The van der Waals surface area contributed by atoms with Gasteiger partial charge in [-0.3, -0.25) is 4.79 Å². The first-order valence-corrected chi connectivity index (χ1v) is 10.6. The minimum absolute atomic E-state index is 0.0293. The molecule has 0 saturated heterocycles. The van der Waals surface area contributed by atoms with Crippen molar-refractivity contribution in [3.8, 4) is 0 Å². The van der Waals surface area contributed by atoms with Crippen molar-refractivity contribution in [2.24, 2.45) is 0 Å². The summed E-state index contributed by atoms with van der Waals surface area (Å²) in [6, 6.07) is 18.7. The van der Waals surface area contributed by atoms with E-state index >= 15 is 0 Å². The second-order valence-electron chi connectivity index (χ2n) is 8.78. The van der Waals surface area contributed by atoms with Crippen molar-refractivity contribution >= 4 is 18.0 Å². The van der Waals surface area contributed by atoms with E-state index in [0.717, 1.165) is 11.1 Å². The minimum Gasteiger partial charge on any atom is -0.458 e. The highest BCUT2D eigenvalue weighted by Gasteiger charge is 2.39. The number of ether oxygens (including phenoxy) is 2. The molecule has 0 aliphatic carbocycles. The number of rotatable bonds is 9. The van der Waals surface area contributed by atoms with Crippen LogP contribution < -0.4 is 10.6 Å². The molecule has 0 spiro atoms. The lowest BCUT2D eigenvalue weighted by atomic mass is 9.95. The van der Waals surface area contributed by atoms with E-state index in [-0.39, 0.29) is 25.4 Å². The molecular formula is C25H32N2O5. The van der Waals surface area contributed by atoms with Gasteiger partial charge in [-0.25, -0.2) is 9.59 Å². The molecule has 172 valence electrons. The number of alkyl carbamates (subject to hydrolysis) is 1. The standard InChI is InChI=1S/C25H32N2O5/c1-24(2,3)32-22(29)25(4,27-23(30)31-18-20-13-9-6-10-14-20)16-15-21(28)26-17-19-11-7-5-8-12-19/h5-14H,15-18H2,1-4H3,(H,26,28)(H,27,30)/t25-/m1/s1. The predicted octanol–water partition coefficient (Wildman–Crippen LogP) is 4.11. The van der Waals surface area contributed by atoms with Gasteiger partial charge in [-0.15, -0.1) is 0 Å². The number of esters is 1. The molecule has 0 bridgehead atoms. The van der Waals surface area contributed by atoms with E-state index in [1.54, 1.807) is 20.8 Å². The summed E-state index contributed by atoms with van der Waals surface area (Å²) >= 11 is 0. The summed E-state index contributed by atoms with van der Waals surface area (Å²) in [5, 5.41) is 5.42. The van der Waals surface area contributed by atoms with Crippen LogP contribution in [0.3, 0.4) is 0 Å². The molecule has 2 rings (SSSR count). The Kier molecular flexibility index (Phi) is 8.81. The van der Waals surface area contributed by atoms with Crippen molar-refractivity contribution < 1.29 is 23.9 Å². The molecule has 0 aromatic heterocycles. The number of nitrogens with one attached hydrogen (secondary N) is 2. The number of carbonyl (C=O) groups is 3. The molecule has 2 aromatic carbocycles. The van der Waals surface area contributed by atoms with Crippen molar-refractivity contribution in [2.75, 3.05) is 0 Å². The van der Waals surface area contributed by atoms with Gasteiger partial charge in [0.15, 0.2) is 0 Å². The summed E-state index contributed by atoms with van der Waals surface area (Å²) in [6.07, 6.45) is -0.670. The Balaban J connectivity index is 1.97. The van der Waals surface area contributed by atoms with Crippen molar-refractivity contribution in [3.05, 3.63) is 71.8 Å². The van der Waals surface area contributed by atoms with Crippen molar-refractivity contribution in [3.63, 3.8) is 0 Å². The topological polar surface area (TPSA) is 93.7 Å². The zero-order valence-corrected chi connectivity index (χ0v) is 19.1. The highest BCUT2D eigenvalue weighted by Crippen LogP contribution is 2.20. The van der Waals surface area contributed by atoms with Crippen LogP contribution in [0.5, 0.6) is 0 Å². The Morgan fingerprint density at radius 3 is 1.97 bits per heavy atom. The predicted molar refractivity (Wildman–Crippen MR) is 122 cm³/mol. The van der Waals surface area contributed by atoms with Gasteiger partial charge in [-0.2, -0.15) is 0 Å². The summed E-state index contributed by atoms with van der Waals surface area (Å²) in [4.78, 5) is 37.6. The van der Waals surface area contributed by atoms with Crippen LogP contribution in [-0.2, 0) is 32.2 Å². The molecule has 0 saturated carbocycles. The van der Waals surface area contributed by atoms with E-state index in [9.17, 15) is 14.4 Å². The second-order valence-corrected chi connectivity index (χ2v) is 8.78. The summed E-state index contributed by atoms with van der Waals surface area (Å²) in [5.41, 5.74) is -0.380. The number of carbonyl (C=O) groups excluding carboxylic acids is 3. The molecule has 7 nitrogen and oxygen atoms in total. The molecule has 2 aromatic rings. The summed E-state index contributed by atoms with van der Waals surface area (Å²) < 4.78 is 10.7. The molecule has 2 N–H and O–H groups in total. The first-order chi connectivity index (χ1) is 15.1. The van der Waals surface area contributed by atoms with E-state index in [4.69, 9.17) is 9.47 Å². The zero-order chi connectivity index (χ0) is 23.6. The number of hydrogen-bond donors (Lipinski definition) is 2. The van der Waals surface area contributed by atoms with E-state index in [1.807, 2.05) is 60.7 Å². The Bertz CT molecular complexity index is 894. The molecule has 1 atom stereocenters. The zero-order valence-electron chi connectivity index (χ0n) is 19.1. The average molecular weight is 441 g/mol. The lowest BCUT2D eigenvalue weighted by Gasteiger charge is -2.31. The van der Waals surface area contributed by atoms with Crippen molar-refractivity contribution in [1.82, 2.24) is 10.6 Å². The molecule has 0 heterocycles. The van der Waals surface area contributed by atoms with Crippen LogP contribution in [-0.4, -0.2) is 29.1 Å². The van der Waals surface area contributed by atoms with Gasteiger partial charge in [0.2, 0.25) is 5.91 Å². The number of hydrogen-bond acceptors (Lipinski definition) is 5.